The minimum atomic E-state index is -0.184. The zero-order chi connectivity index (χ0) is 24.9. The van der Waals surface area contributed by atoms with Gasteiger partial charge in [-0.25, -0.2) is 0 Å². The van der Waals surface area contributed by atoms with Gasteiger partial charge in [-0.3, -0.25) is 9.59 Å². The Morgan fingerprint density at radius 1 is 0.943 bits per heavy atom. The van der Waals surface area contributed by atoms with Gasteiger partial charge in [0.2, 0.25) is 5.91 Å². The fourth-order valence-corrected chi connectivity index (χ4v) is 4.44. The van der Waals surface area contributed by atoms with Gasteiger partial charge in [0.1, 0.15) is 19.0 Å². The molecule has 0 N–H and O–H groups in total. The van der Waals surface area contributed by atoms with E-state index in [0.717, 1.165) is 31.2 Å². The summed E-state index contributed by atoms with van der Waals surface area (Å²) in [5, 5.41) is 0. The van der Waals surface area contributed by atoms with Crippen molar-refractivity contribution in [3.8, 4) is 5.75 Å². The lowest BCUT2D eigenvalue weighted by atomic mass is 10.0. The number of methoxy groups -OCH3 is 2. The van der Waals surface area contributed by atoms with Crippen molar-refractivity contribution in [1.82, 2.24) is 9.80 Å². The van der Waals surface area contributed by atoms with Gasteiger partial charge in [-0.2, -0.15) is 0 Å². The van der Waals surface area contributed by atoms with Crippen LogP contribution < -0.4 is 4.74 Å². The van der Waals surface area contributed by atoms with Crippen molar-refractivity contribution in [3.05, 3.63) is 65.7 Å². The molecule has 35 heavy (non-hydrogen) atoms. The van der Waals surface area contributed by atoms with E-state index in [1.807, 2.05) is 52.3 Å². The van der Waals surface area contributed by atoms with Crippen molar-refractivity contribution in [1.29, 1.82) is 0 Å². The Balaban J connectivity index is 1.90. The summed E-state index contributed by atoms with van der Waals surface area (Å²) in [6, 6.07) is 17.3. The second-order valence-electron chi connectivity index (χ2n) is 8.87. The molecule has 0 radical (unpaired) electrons. The highest BCUT2D eigenvalue weighted by Crippen LogP contribution is 2.23. The number of benzene rings is 2. The zero-order valence-corrected chi connectivity index (χ0v) is 21.0. The Kier molecular flexibility index (Phi) is 11.1. The average Bonchev–Trinajstić information content (AvgIpc) is 2.88. The number of rotatable bonds is 7. The highest BCUT2D eigenvalue weighted by atomic mass is 16.5. The third kappa shape index (κ3) is 8.08. The summed E-state index contributed by atoms with van der Waals surface area (Å²) in [5.74, 6) is 0.440. The van der Waals surface area contributed by atoms with Gasteiger partial charge in [-0.05, 0) is 37.0 Å². The van der Waals surface area contributed by atoms with E-state index >= 15 is 0 Å². The van der Waals surface area contributed by atoms with E-state index in [4.69, 9.17) is 14.2 Å². The van der Waals surface area contributed by atoms with Gasteiger partial charge in [0.15, 0.2) is 0 Å². The Hall–Kier alpha value is -2.90. The molecule has 1 aliphatic rings. The standard InChI is InChI=1S/C28H38N2O5/c1-33-19-18-29-16-10-3-4-11-17-30(27(31)22-34-2)24(20-23-12-6-5-7-13-23)21-35-26-15-9-8-14-25(26)28(29)32/h5-9,12-15,24H,3-4,10-11,16-22H2,1-2H3/t24-/m0/s1. The van der Waals surface area contributed by atoms with E-state index in [1.165, 1.54) is 0 Å². The predicted molar refractivity (Wildman–Crippen MR) is 136 cm³/mol. The van der Waals surface area contributed by atoms with Crippen LogP contribution in [0, 0.1) is 0 Å². The number of amides is 2. The van der Waals surface area contributed by atoms with Gasteiger partial charge >= 0.3 is 0 Å². The number of para-hydroxylation sites is 1. The SMILES string of the molecule is COCCN1CCCCCCN(C(=O)COC)[C@@H](Cc2ccccc2)COc2ccccc2C1=O. The average molecular weight is 483 g/mol. The molecular weight excluding hydrogens is 444 g/mol. The highest BCUT2D eigenvalue weighted by Gasteiger charge is 2.26. The van der Waals surface area contributed by atoms with Crippen LogP contribution in [0.5, 0.6) is 5.75 Å². The normalized spacial score (nSPS) is 17.9. The van der Waals surface area contributed by atoms with Crippen molar-refractivity contribution >= 4 is 11.8 Å². The molecule has 0 fully saturated rings. The molecule has 7 heteroatoms. The van der Waals surface area contributed by atoms with Gasteiger partial charge in [0.25, 0.3) is 5.91 Å². The quantitative estimate of drug-likeness (QED) is 0.600. The van der Waals surface area contributed by atoms with Crippen LogP contribution in [0.2, 0.25) is 0 Å². The molecule has 1 heterocycles. The van der Waals surface area contributed by atoms with Crippen LogP contribution in [-0.2, 0) is 20.7 Å². The van der Waals surface area contributed by atoms with Gasteiger partial charge < -0.3 is 24.0 Å². The van der Waals surface area contributed by atoms with Crippen LogP contribution in [0.4, 0.5) is 0 Å². The molecule has 0 saturated carbocycles. The Labute approximate surface area is 209 Å². The van der Waals surface area contributed by atoms with E-state index in [0.29, 0.717) is 44.0 Å². The van der Waals surface area contributed by atoms with Crippen molar-refractivity contribution in [2.24, 2.45) is 0 Å². The number of nitrogens with zero attached hydrogens (tertiary/aromatic N) is 2. The third-order valence-electron chi connectivity index (χ3n) is 6.32. The first-order chi connectivity index (χ1) is 17.1. The number of hydrogen-bond acceptors (Lipinski definition) is 5. The maximum absolute atomic E-state index is 13.5. The second-order valence-corrected chi connectivity index (χ2v) is 8.87. The molecule has 0 aliphatic carbocycles. The molecule has 1 aliphatic heterocycles. The maximum Gasteiger partial charge on any atom is 0.257 e. The second kappa shape index (κ2) is 14.5. The van der Waals surface area contributed by atoms with Crippen LogP contribution in [0.1, 0.15) is 41.6 Å². The number of ether oxygens (including phenoxy) is 3. The Morgan fingerprint density at radius 3 is 2.40 bits per heavy atom. The van der Waals surface area contributed by atoms with Crippen molar-refractivity contribution in [2.45, 2.75) is 38.1 Å². The lowest BCUT2D eigenvalue weighted by molar-refractivity contribution is -0.138. The molecule has 2 aromatic rings. The van der Waals surface area contributed by atoms with Crippen molar-refractivity contribution in [2.75, 3.05) is 53.7 Å². The monoisotopic (exact) mass is 482 g/mol. The molecule has 2 amide bonds. The predicted octanol–water partition coefficient (Wildman–Crippen LogP) is 3.81. The molecule has 3 rings (SSSR count). The first-order valence-corrected chi connectivity index (χ1v) is 12.5. The maximum atomic E-state index is 13.5. The first kappa shape index (κ1) is 26.7. The fraction of sp³-hybridized carbons (Fsp3) is 0.500. The largest absolute Gasteiger partial charge is 0.491 e. The van der Waals surface area contributed by atoms with Gasteiger partial charge in [0, 0.05) is 33.9 Å². The molecule has 0 bridgehead atoms. The number of carbonyl (C=O) groups is 2. The molecular formula is C28H38N2O5. The Morgan fingerprint density at radius 2 is 1.66 bits per heavy atom. The first-order valence-electron chi connectivity index (χ1n) is 12.5. The van der Waals surface area contributed by atoms with Gasteiger partial charge in [-0.15, -0.1) is 0 Å². The minimum Gasteiger partial charge on any atom is -0.491 e. The summed E-state index contributed by atoms with van der Waals surface area (Å²) in [5.41, 5.74) is 1.67. The smallest absolute Gasteiger partial charge is 0.257 e. The molecule has 190 valence electrons. The lowest BCUT2D eigenvalue weighted by Gasteiger charge is -2.33. The summed E-state index contributed by atoms with van der Waals surface area (Å²) < 4.78 is 16.7. The van der Waals surface area contributed by atoms with E-state index in [1.54, 1.807) is 14.2 Å². The van der Waals surface area contributed by atoms with E-state index in [-0.39, 0.29) is 31.1 Å². The van der Waals surface area contributed by atoms with Gasteiger partial charge in [-0.1, -0.05) is 55.3 Å². The summed E-state index contributed by atoms with van der Waals surface area (Å²) in [4.78, 5) is 30.3. The van der Waals surface area contributed by atoms with Gasteiger partial charge in [0.05, 0.1) is 18.2 Å². The topological polar surface area (TPSA) is 68.3 Å². The number of fused-ring (bicyclic) bond motifs is 1. The van der Waals surface area contributed by atoms with Crippen LogP contribution in [0.3, 0.4) is 0 Å². The van der Waals surface area contributed by atoms with Crippen LogP contribution in [0.25, 0.3) is 0 Å². The number of carbonyl (C=O) groups excluding carboxylic acids is 2. The molecule has 1 atom stereocenters. The van der Waals surface area contributed by atoms with E-state index < -0.39 is 0 Å². The summed E-state index contributed by atoms with van der Waals surface area (Å²) in [6.45, 7) is 2.67. The molecule has 7 nitrogen and oxygen atoms in total. The van der Waals surface area contributed by atoms with Crippen LogP contribution >= 0.6 is 0 Å². The van der Waals surface area contributed by atoms with Crippen molar-refractivity contribution in [3.63, 3.8) is 0 Å². The molecule has 0 saturated heterocycles. The Bertz CT molecular complexity index is 921. The summed E-state index contributed by atoms with van der Waals surface area (Å²) in [7, 11) is 3.19. The lowest BCUT2D eigenvalue weighted by Crippen LogP contribution is -2.47. The highest BCUT2D eigenvalue weighted by molar-refractivity contribution is 5.97. The molecule has 2 aromatic carbocycles. The zero-order valence-electron chi connectivity index (χ0n) is 21.0. The number of hydrogen-bond donors (Lipinski definition) is 0. The molecule has 0 spiro atoms. The third-order valence-corrected chi connectivity index (χ3v) is 6.32. The van der Waals surface area contributed by atoms with E-state index in [9.17, 15) is 9.59 Å². The van der Waals surface area contributed by atoms with E-state index in [2.05, 4.69) is 12.1 Å². The summed E-state index contributed by atoms with van der Waals surface area (Å²) >= 11 is 0. The fourth-order valence-electron chi connectivity index (χ4n) is 4.44. The molecule has 0 unspecified atom stereocenters. The van der Waals surface area contributed by atoms with Crippen LogP contribution in [-0.4, -0.2) is 81.3 Å². The van der Waals surface area contributed by atoms with Crippen LogP contribution in [0.15, 0.2) is 54.6 Å². The summed E-state index contributed by atoms with van der Waals surface area (Å²) in [6.07, 6.45) is 4.43. The van der Waals surface area contributed by atoms with Crippen molar-refractivity contribution < 1.29 is 23.8 Å². The molecule has 0 aromatic heterocycles. The minimum absolute atomic E-state index is 0.0365.